The molecule has 1 aromatic carbocycles. The van der Waals surface area contributed by atoms with Gasteiger partial charge in [-0.25, -0.2) is 4.79 Å². The van der Waals surface area contributed by atoms with Crippen LogP contribution in [0, 0.1) is 0 Å². The maximum absolute atomic E-state index is 11.9. The molecule has 4 nitrogen and oxygen atoms in total. The lowest BCUT2D eigenvalue weighted by molar-refractivity contribution is 0.00433. The number of carbonyl (C=O) groups excluding carboxylic acids is 1. The summed E-state index contributed by atoms with van der Waals surface area (Å²) in [5.41, 5.74) is 0.797. The average Bonchev–Trinajstić information content (AvgIpc) is 2.31. The molecule has 2 rings (SSSR count). The van der Waals surface area contributed by atoms with E-state index < -0.39 is 5.60 Å². The zero-order valence-electron chi connectivity index (χ0n) is 13.0. The summed E-state index contributed by atoms with van der Waals surface area (Å²) in [6.07, 6.45) is -0.228. The van der Waals surface area contributed by atoms with Crippen LogP contribution >= 0.6 is 15.9 Å². The summed E-state index contributed by atoms with van der Waals surface area (Å²) in [4.78, 5) is 13.6. The second-order valence-corrected chi connectivity index (χ2v) is 7.35. The lowest BCUT2D eigenvalue weighted by Crippen LogP contribution is -2.60. The van der Waals surface area contributed by atoms with Gasteiger partial charge in [0.25, 0.3) is 0 Å². The van der Waals surface area contributed by atoms with Crippen LogP contribution in [-0.4, -0.2) is 35.7 Å². The fourth-order valence-corrected chi connectivity index (χ4v) is 2.96. The number of benzene rings is 1. The quantitative estimate of drug-likeness (QED) is 0.899. The number of ether oxygens (including phenoxy) is 1. The van der Waals surface area contributed by atoms with Crippen LogP contribution in [0.5, 0.6) is 0 Å². The van der Waals surface area contributed by atoms with Gasteiger partial charge in [-0.1, -0.05) is 34.1 Å². The maximum Gasteiger partial charge on any atom is 0.410 e. The molecular weight excluding hydrogens is 332 g/mol. The highest BCUT2D eigenvalue weighted by molar-refractivity contribution is 9.10. The van der Waals surface area contributed by atoms with Crippen molar-refractivity contribution in [2.24, 2.45) is 0 Å². The van der Waals surface area contributed by atoms with E-state index in [-0.39, 0.29) is 12.1 Å². The first-order valence-corrected chi connectivity index (χ1v) is 8.04. The van der Waals surface area contributed by atoms with Gasteiger partial charge in [0.05, 0.1) is 0 Å². The number of rotatable bonds is 3. The summed E-state index contributed by atoms with van der Waals surface area (Å²) in [6, 6.07) is 8.75. The summed E-state index contributed by atoms with van der Waals surface area (Å²) in [5.74, 6) is 0. The molecule has 0 saturated carbocycles. The number of hydrogen-bond acceptors (Lipinski definition) is 3. The van der Waals surface area contributed by atoms with Crippen LogP contribution in [0.25, 0.3) is 0 Å². The van der Waals surface area contributed by atoms with Crippen LogP contribution in [0.15, 0.2) is 28.7 Å². The molecule has 1 aromatic rings. The molecule has 1 aliphatic rings. The van der Waals surface area contributed by atoms with E-state index in [1.165, 1.54) is 5.56 Å². The molecule has 1 heterocycles. The third kappa shape index (κ3) is 4.45. The number of carbonyl (C=O) groups is 1. The van der Waals surface area contributed by atoms with Gasteiger partial charge in [0.2, 0.25) is 0 Å². The lowest BCUT2D eigenvalue weighted by Gasteiger charge is -2.41. The Morgan fingerprint density at radius 3 is 2.57 bits per heavy atom. The molecule has 1 aliphatic heterocycles. The van der Waals surface area contributed by atoms with Crippen molar-refractivity contribution in [3.8, 4) is 0 Å². The number of likely N-dealkylation sites (tertiary alicyclic amines) is 1. The Morgan fingerprint density at radius 2 is 2.00 bits per heavy atom. The van der Waals surface area contributed by atoms with Gasteiger partial charge in [0.1, 0.15) is 5.60 Å². The van der Waals surface area contributed by atoms with Gasteiger partial charge in [0.15, 0.2) is 0 Å². The van der Waals surface area contributed by atoms with Crippen LogP contribution in [0.4, 0.5) is 4.79 Å². The van der Waals surface area contributed by atoms with E-state index in [1.807, 2.05) is 39.0 Å². The maximum atomic E-state index is 11.9. The van der Waals surface area contributed by atoms with Crippen molar-refractivity contribution in [2.45, 2.75) is 45.4 Å². The minimum absolute atomic E-state index is 0.228. The van der Waals surface area contributed by atoms with Gasteiger partial charge >= 0.3 is 6.09 Å². The topological polar surface area (TPSA) is 41.6 Å². The first-order chi connectivity index (χ1) is 9.76. The zero-order chi connectivity index (χ0) is 15.6. The summed E-state index contributed by atoms with van der Waals surface area (Å²) < 4.78 is 6.46. The summed E-state index contributed by atoms with van der Waals surface area (Å²) in [6.45, 7) is 9.18. The highest BCUT2D eigenvalue weighted by atomic mass is 79.9. The van der Waals surface area contributed by atoms with Crippen molar-refractivity contribution in [2.75, 3.05) is 13.1 Å². The number of nitrogens with one attached hydrogen (secondary N) is 1. The Kier molecular flexibility index (Phi) is 4.94. The van der Waals surface area contributed by atoms with Crippen molar-refractivity contribution in [3.63, 3.8) is 0 Å². The lowest BCUT2D eigenvalue weighted by atomic mass is 10.0. The molecule has 0 aromatic heterocycles. The molecule has 1 N–H and O–H groups in total. The number of amides is 1. The molecule has 1 fully saturated rings. The van der Waals surface area contributed by atoms with Gasteiger partial charge in [-0.3, -0.25) is 0 Å². The molecule has 0 spiro atoms. The minimum atomic E-state index is -0.433. The standard InChI is InChI=1S/C16H23BrN2O2/c1-11(13-7-5-6-8-14(13)17)18-12-9-19(10-12)15(20)21-16(2,3)4/h5-8,11-12,18H,9-10H2,1-4H3/t11-/m0/s1. The summed E-state index contributed by atoms with van der Waals surface area (Å²) in [7, 11) is 0. The first kappa shape index (κ1) is 16.3. The molecule has 0 aliphatic carbocycles. The third-order valence-corrected chi connectivity index (χ3v) is 4.11. The highest BCUT2D eigenvalue weighted by Gasteiger charge is 2.34. The number of halogens is 1. The Bertz CT molecular complexity index is 507. The summed E-state index contributed by atoms with van der Waals surface area (Å²) >= 11 is 3.57. The Hall–Kier alpha value is -1.07. The Morgan fingerprint density at radius 1 is 1.38 bits per heavy atom. The van der Waals surface area contributed by atoms with Crippen LogP contribution in [0.3, 0.4) is 0 Å². The van der Waals surface area contributed by atoms with Crippen LogP contribution in [-0.2, 0) is 4.74 Å². The SMILES string of the molecule is C[C@H](NC1CN(C(=O)OC(C)(C)C)C1)c1ccccc1Br. The molecule has 5 heteroatoms. The second-order valence-electron chi connectivity index (χ2n) is 6.49. The molecule has 116 valence electrons. The van der Waals surface area contributed by atoms with Crippen LogP contribution in [0.1, 0.15) is 39.3 Å². The monoisotopic (exact) mass is 354 g/mol. The van der Waals surface area contributed by atoms with E-state index in [4.69, 9.17) is 4.74 Å². The fourth-order valence-electron chi connectivity index (χ4n) is 2.33. The van der Waals surface area contributed by atoms with E-state index >= 15 is 0 Å². The van der Waals surface area contributed by atoms with E-state index in [0.717, 1.165) is 4.47 Å². The predicted octanol–water partition coefficient (Wildman–Crippen LogP) is 3.72. The normalized spacial score (nSPS) is 17.3. The molecule has 1 atom stereocenters. The predicted molar refractivity (Wildman–Crippen MR) is 87.3 cm³/mol. The van der Waals surface area contributed by atoms with E-state index in [9.17, 15) is 4.79 Å². The number of nitrogens with zero attached hydrogens (tertiary/aromatic N) is 1. The van der Waals surface area contributed by atoms with Gasteiger partial charge < -0.3 is 15.0 Å². The molecule has 1 amide bonds. The van der Waals surface area contributed by atoms with E-state index in [0.29, 0.717) is 19.1 Å². The van der Waals surface area contributed by atoms with Crippen molar-refractivity contribution < 1.29 is 9.53 Å². The van der Waals surface area contributed by atoms with Crippen molar-refractivity contribution in [1.82, 2.24) is 10.2 Å². The average molecular weight is 355 g/mol. The number of hydrogen-bond donors (Lipinski definition) is 1. The van der Waals surface area contributed by atoms with Crippen LogP contribution < -0.4 is 5.32 Å². The first-order valence-electron chi connectivity index (χ1n) is 7.24. The molecule has 0 unspecified atom stereocenters. The van der Waals surface area contributed by atoms with E-state index in [1.54, 1.807) is 4.90 Å². The molecule has 0 bridgehead atoms. The zero-order valence-corrected chi connectivity index (χ0v) is 14.6. The van der Waals surface area contributed by atoms with Gasteiger partial charge in [0, 0.05) is 29.6 Å². The van der Waals surface area contributed by atoms with Gasteiger partial charge in [-0.2, -0.15) is 0 Å². The van der Waals surface area contributed by atoms with Gasteiger partial charge in [-0.15, -0.1) is 0 Å². The smallest absolute Gasteiger partial charge is 0.410 e. The largest absolute Gasteiger partial charge is 0.444 e. The highest BCUT2D eigenvalue weighted by Crippen LogP contribution is 2.24. The van der Waals surface area contributed by atoms with Crippen LogP contribution in [0.2, 0.25) is 0 Å². The fraction of sp³-hybridized carbons (Fsp3) is 0.562. The molecule has 1 saturated heterocycles. The van der Waals surface area contributed by atoms with Crippen molar-refractivity contribution >= 4 is 22.0 Å². The molecule has 21 heavy (non-hydrogen) atoms. The van der Waals surface area contributed by atoms with Gasteiger partial charge in [-0.05, 0) is 39.3 Å². The molecular formula is C16H23BrN2O2. The Labute approximate surface area is 135 Å². The van der Waals surface area contributed by atoms with Crippen molar-refractivity contribution in [1.29, 1.82) is 0 Å². The minimum Gasteiger partial charge on any atom is -0.444 e. The van der Waals surface area contributed by atoms with Crippen molar-refractivity contribution in [3.05, 3.63) is 34.3 Å². The van der Waals surface area contributed by atoms with E-state index in [2.05, 4.69) is 34.2 Å². The Balaban J connectivity index is 1.81. The second kappa shape index (κ2) is 6.36. The summed E-state index contributed by atoms with van der Waals surface area (Å²) in [5, 5.41) is 3.54. The third-order valence-electron chi connectivity index (χ3n) is 3.39. The molecule has 0 radical (unpaired) electrons.